The maximum Gasteiger partial charge on any atom is 0.225 e. The zero-order chi connectivity index (χ0) is 19.1. The molecule has 7 nitrogen and oxygen atoms in total. The fraction of sp³-hybridized carbons (Fsp3) is 0.316. The van der Waals surface area contributed by atoms with Crippen LogP contribution in [0, 0.1) is 5.41 Å². The van der Waals surface area contributed by atoms with E-state index in [2.05, 4.69) is 15.3 Å². The van der Waals surface area contributed by atoms with Gasteiger partial charge in [0.1, 0.15) is 22.0 Å². The van der Waals surface area contributed by atoms with Crippen molar-refractivity contribution in [3.8, 4) is 5.82 Å². The van der Waals surface area contributed by atoms with E-state index in [1.54, 1.807) is 18.6 Å². The lowest BCUT2D eigenvalue weighted by atomic mass is 10.1. The lowest BCUT2D eigenvalue weighted by molar-refractivity contribution is -0.117. The van der Waals surface area contributed by atoms with E-state index in [1.165, 1.54) is 6.26 Å². The molecule has 0 atom stereocenters. The van der Waals surface area contributed by atoms with Gasteiger partial charge in [-0.1, -0.05) is 12.1 Å². The van der Waals surface area contributed by atoms with Crippen LogP contribution in [-0.4, -0.2) is 40.9 Å². The Morgan fingerprint density at radius 2 is 1.96 bits per heavy atom. The van der Waals surface area contributed by atoms with Gasteiger partial charge < -0.3 is 5.32 Å². The first-order chi connectivity index (χ1) is 12.8. The molecule has 1 aliphatic rings. The highest BCUT2D eigenvalue weighted by atomic mass is 32.2. The maximum atomic E-state index is 12.3. The van der Waals surface area contributed by atoms with E-state index in [4.69, 9.17) is 0 Å². The molecule has 1 amide bonds. The van der Waals surface area contributed by atoms with Crippen LogP contribution in [0.4, 0.5) is 5.69 Å². The van der Waals surface area contributed by atoms with Gasteiger partial charge in [0.2, 0.25) is 5.91 Å². The number of hydrogen-bond acceptors (Lipinski definition) is 5. The highest BCUT2D eigenvalue weighted by Crippen LogP contribution is 2.49. The number of para-hydroxylation sites is 2. The van der Waals surface area contributed by atoms with Crippen LogP contribution in [0.25, 0.3) is 16.9 Å². The molecule has 8 heteroatoms. The molecule has 0 aliphatic heterocycles. The minimum atomic E-state index is -3.09. The Morgan fingerprint density at radius 3 is 2.63 bits per heavy atom. The third-order valence-corrected chi connectivity index (χ3v) is 5.93. The first-order valence-electron chi connectivity index (χ1n) is 8.70. The second-order valence-corrected chi connectivity index (χ2v) is 9.44. The molecular weight excluding hydrogens is 364 g/mol. The van der Waals surface area contributed by atoms with E-state index >= 15 is 0 Å². The molecule has 4 rings (SSSR count). The molecule has 2 aromatic heterocycles. The average Bonchev–Trinajstić information content (AvgIpc) is 3.19. The number of nitrogens with one attached hydrogen (secondary N) is 1. The Labute approximate surface area is 157 Å². The molecule has 27 heavy (non-hydrogen) atoms. The predicted molar refractivity (Wildman–Crippen MR) is 103 cm³/mol. The monoisotopic (exact) mass is 384 g/mol. The van der Waals surface area contributed by atoms with E-state index in [-0.39, 0.29) is 23.5 Å². The summed E-state index contributed by atoms with van der Waals surface area (Å²) in [5, 5.41) is 2.81. The molecule has 0 radical (unpaired) electrons. The molecule has 0 spiro atoms. The van der Waals surface area contributed by atoms with Crippen molar-refractivity contribution < 1.29 is 13.2 Å². The van der Waals surface area contributed by atoms with Crippen LogP contribution < -0.4 is 5.32 Å². The Bertz CT molecular complexity index is 1100. The summed E-state index contributed by atoms with van der Waals surface area (Å²) in [4.78, 5) is 21.0. The van der Waals surface area contributed by atoms with Crippen molar-refractivity contribution in [1.29, 1.82) is 0 Å². The Kier molecular flexibility index (Phi) is 4.22. The molecule has 0 unspecified atom stereocenters. The number of imidazole rings is 1. The zero-order valence-electron chi connectivity index (χ0n) is 14.9. The number of nitrogens with zero attached hydrogens (tertiary/aromatic N) is 3. The SMILES string of the molecule is CS(=O)(=O)CC1(CC(=O)Nc2ccc(-n3cnc4ccccc43)nc2)CC1. The van der Waals surface area contributed by atoms with Gasteiger partial charge in [0, 0.05) is 12.7 Å². The normalized spacial score (nSPS) is 15.6. The molecular formula is C19H20N4O3S. The summed E-state index contributed by atoms with van der Waals surface area (Å²) in [6, 6.07) is 11.4. The van der Waals surface area contributed by atoms with Crippen molar-refractivity contribution in [2.75, 3.05) is 17.3 Å². The van der Waals surface area contributed by atoms with Crippen molar-refractivity contribution in [3.63, 3.8) is 0 Å². The Balaban J connectivity index is 1.44. The number of benzene rings is 1. The molecule has 140 valence electrons. The average molecular weight is 384 g/mol. The highest BCUT2D eigenvalue weighted by Gasteiger charge is 2.46. The topological polar surface area (TPSA) is 94.0 Å². The lowest BCUT2D eigenvalue weighted by Gasteiger charge is -2.13. The number of anilines is 1. The number of pyridine rings is 1. The van der Waals surface area contributed by atoms with Gasteiger partial charge in [-0.2, -0.15) is 0 Å². The third-order valence-electron chi connectivity index (χ3n) is 4.79. The van der Waals surface area contributed by atoms with Crippen LogP contribution in [0.5, 0.6) is 0 Å². The van der Waals surface area contributed by atoms with Crippen LogP contribution in [0.1, 0.15) is 19.3 Å². The van der Waals surface area contributed by atoms with Crippen molar-refractivity contribution >= 4 is 32.5 Å². The van der Waals surface area contributed by atoms with Gasteiger partial charge in [-0.15, -0.1) is 0 Å². The van der Waals surface area contributed by atoms with Gasteiger partial charge >= 0.3 is 0 Å². The fourth-order valence-corrected chi connectivity index (χ4v) is 4.90. The van der Waals surface area contributed by atoms with Gasteiger partial charge in [0.15, 0.2) is 0 Å². The van der Waals surface area contributed by atoms with Gasteiger partial charge in [-0.05, 0) is 42.5 Å². The van der Waals surface area contributed by atoms with Crippen molar-refractivity contribution in [2.45, 2.75) is 19.3 Å². The van der Waals surface area contributed by atoms with Crippen LogP contribution >= 0.6 is 0 Å². The van der Waals surface area contributed by atoms with Gasteiger partial charge in [0.25, 0.3) is 0 Å². The Hall–Kier alpha value is -2.74. The molecule has 1 fully saturated rings. The fourth-order valence-electron chi connectivity index (χ4n) is 3.40. The maximum absolute atomic E-state index is 12.3. The van der Waals surface area contributed by atoms with Crippen molar-refractivity contribution in [1.82, 2.24) is 14.5 Å². The van der Waals surface area contributed by atoms with Crippen molar-refractivity contribution in [3.05, 3.63) is 48.9 Å². The van der Waals surface area contributed by atoms with E-state index in [9.17, 15) is 13.2 Å². The van der Waals surface area contributed by atoms with Crippen LogP contribution in [0.3, 0.4) is 0 Å². The summed E-state index contributed by atoms with van der Waals surface area (Å²) in [6.45, 7) is 0. The van der Waals surface area contributed by atoms with Gasteiger partial charge in [-0.3, -0.25) is 9.36 Å². The number of fused-ring (bicyclic) bond motifs is 1. The van der Waals surface area contributed by atoms with Gasteiger partial charge in [-0.25, -0.2) is 18.4 Å². The number of aromatic nitrogens is 3. The summed E-state index contributed by atoms with van der Waals surface area (Å²) >= 11 is 0. The number of carbonyl (C=O) groups excluding carboxylic acids is 1. The first-order valence-corrected chi connectivity index (χ1v) is 10.8. The summed E-state index contributed by atoms with van der Waals surface area (Å²) < 4.78 is 24.9. The molecule has 1 saturated carbocycles. The summed E-state index contributed by atoms with van der Waals surface area (Å²) in [5.74, 6) is 0.592. The zero-order valence-corrected chi connectivity index (χ0v) is 15.7. The minimum absolute atomic E-state index is 0.0678. The molecule has 3 aromatic rings. The van der Waals surface area contributed by atoms with Crippen molar-refractivity contribution in [2.24, 2.45) is 5.41 Å². The standard InChI is InChI=1S/C19H20N4O3S/c1-27(25,26)12-19(8-9-19)10-18(24)22-14-6-7-17(20-11-14)23-13-21-15-4-2-3-5-16(15)23/h2-7,11,13H,8-10,12H2,1H3,(H,22,24). The summed E-state index contributed by atoms with van der Waals surface area (Å²) in [5.41, 5.74) is 2.04. The van der Waals surface area contributed by atoms with Crippen LogP contribution in [0.15, 0.2) is 48.9 Å². The van der Waals surface area contributed by atoms with Crippen LogP contribution in [-0.2, 0) is 14.6 Å². The summed E-state index contributed by atoms with van der Waals surface area (Å²) in [6.07, 6.45) is 6.30. The smallest absolute Gasteiger partial charge is 0.225 e. The number of rotatable bonds is 6. The first kappa shape index (κ1) is 17.7. The highest BCUT2D eigenvalue weighted by molar-refractivity contribution is 7.90. The quantitative estimate of drug-likeness (QED) is 0.705. The molecule has 0 saturated heterocycles. The number of hydrogen-bond donors (Lipinski definition) is 1. The Morgan fingerprint density at radius 1 is 1.19 bits per heavy atom. The van der Waals surface area contributed by atoms with E-state index < -0.39 is 9.84 Å². The molecule has 1 aliphatic carbocycles. The van der Waals surface area contributed by atoms with Crippen LogP contribution in [0.2, 0.25) is 0 Å². The molecule has 1 aromatic carbocycles. The molecule has 0 bridgehead atoms. The largest absolute Gasteiger partial charge is 0.325 e. The number of sulfone groups is 1. The van der Waals surface area contributed by atoms with Gasteiger partial charge in [0.05, 0.1) is 28.7 Å². The van der Waals surface area contributed by atoms with E-state index in [0.29, 0.717) is 11.5 Å². The number of carbonyl (C=O) groups is 1. The lowest BCUT2D eigenvalue weighted by Crippen LogP contribution is -2.23. The minimum Gasteiger partial charge on any atom is -0.325 e. The third kappa shape index (κ3) is 4.00. The molecule has 1 N–H and O–H groups in total. The second kappa shape index (κ2) is 6.45. The second-order valence-electron chi connectivity index (χ2n) is 7.30. The molecule has 2 heterocycles. The van der Waals surface area contributed by atoms with E-state index in [1.807, 2.05) is 34.9 Å². The predicted octanol–water partition coefficient (Wildman–Crippen LogP) is 2.57. The number of amides is 1. The van der Waals surface area contributed by atoms with E-state index in [0.717, 1.165) is 23.9 Å². The summed E-state index contributed by atoms with van der Waals surface area (Å²) in [7, 11) is -3.09.